The summed E-state index contributed by atoms with van der Waals surface area (Å²) in [6.07, 6.45) is 1.43. The van der Waals surface area contributed by atoms with Gasteiger partial charge in [0, 0.05) is 5.71 Å². The van der Waals surface area contributed by atoms with Crippen LogP contribution in [0.15, 0.2) is 11.3 Å². The molecule has 48 valence electrons. The van der Waals surface area contributed by atoms with E-state index < -0.39 is 0 Å². The smallest absolute Gasteiger partial charge is 0.244 e. The van der Waals surface area contributed by atoms with Crippen molar-refractivity contribution in [3.63, 3.8) is 0 Å². The Morgan fingerprint density at radius 1 is 1.67 bits per heavy atom. The van der Waals surface area contributed by atoms with Crippen molar-refractivity contribution < 1.29 is 0 Å². The van der Waals surface area contributed by atoms with Gasteiger partial charge in [0.1, 0.15) is 6.33 Å². The van der Waals surface area contributed by atoms with Crippen molar-refractivity contribution in [2.24, 2.45) is 4.99 Å². The molecular formula is C5H8N4. The lowest BCUT2D eigenvalue weighted by atomic mass is 10.5. The van der Waals surface area contributed by atoms with Gasteiger partial charge in [0.2, 0.25) is 5.95 Å². The predicted molar refractivity (Wildman–Crippen MR) is 34.8 cm³/mol. The fraction of sp³-hybridized carbons (Fsp3) is 0.400. The van der Waals surface area contributed by atoms with Crippen molar-refractivity contribution in [1.82, 2.24) is 15.2 Å². The third kappa shape index (κ3) is 1.64. The molecule has 0 atom stereocenters. The van der Waals surface area contributed by atoms with Crippen molar-refractivity contribution >= 4 is 11.7 Å². The zero-order chi connectivity index (χ0) is 6.69. The van der Waals surface area contributed by atoms with Crippen LogP contribution in [0.1, 0.15) is 13.8 Å². The number of hydrogen-bond donors (Lipinski definition) is 1. The highest BCUT2D eigenvalue weighted by Crippen LogP contribution is 1.97. The molecular weight excluding hydrogens is 116 g/mol. The third-order valence-corrected chi connectivity index (χ3v) is 0.732. The molecule has 1 N–H and O–H groups in total. The Morgan fingerprint density at radius 2 is 2.44 bits per heavy atom. The zero-order valence-corrected chi connectivity index (χ0v) is 5.42. The normalized spacial score (nSPS) is 9.11. The summed E-state index contributed by atoms with van der Waals surface area (Å²) in [4.78, 5) is 7.81. The van der Waals surface area contributed by atoms with Gasteiger partial charge in [-0.2, -0.15) is 10.1 Å². The molecule has 0 radical (unpaired) electrons. The maximum atomic E-state index is 4.01. The minimum atomic E-state index is 0.565. The molecule has 0 aliphatic rings. The second kappa shape index (κ2) is 2.39. The van der Waals surface area contributed by atoms with Gasteiger partial charge in [-0.25, -0.2) is 10.1 Å². The number of aliphatic imine (C=N–C) groups is 1. The average molecular weight is 124 g/mol. The predicted octanol–water partition coefficient (Wildman–Crippen LogP) is 0.917. The van der Waals surface area contributed by atoms with Crippen LogP contribution in [0.25, 0.3) is 0 Å². The summed E-state index contributed by atoms with van der Waals surface area (Å²) >= 11 is 0. The number of nitrogens with zero attached hydrogens (tertiary/aromatic N) is 3. The minimum absolute atomic E-state index is 0.565. The van der Waals surface area contributed by atoms with Crippen LogP contribution < -0.4 is 0 Å². The molecule has 0 fully saturated rings. The van der Waals surface area contributed by atoms with Gasteiger partial charge in [0.25, 0.3) is 0 Å². The van der Waals surface area contributed by atoms with Crippen molar-refractivity contribution in [1.29, 1.82) is 0 Å². The number of aromatic nitrogens is 3. The lowest BCUT2D eigenvalue weighted by Gasteiger charge is -1.83. The van der Waals surface area contributed by atoms with E-state index in [-0.39, 0.29) is 0 Å². The van der Waals surface area contributed by atoms with Gasteiger partial charge >= 0.3 is 0 Å². The van der Waals surface area contributed by atoms with Crippen LogP contribution in [-0.2, 0) is 0 Å². The van der Waals surface area contributed by atoms with E-state index in [1.54, 1.807) is 0 Å². The molecule has 0 unspecified atom stereocenters. The molecule has 0 bridgehead atoms. The molecule has 4 heteroatoms. The first-order valence-corrected chi connectivity index (χ1v) is 2.66. The van der Waals surface area contributed by atoms with E-state index in [1.165, 1.54) is 6.33 Å². The third-order valence-electron chi connectivity index (χ3n) is 0.732. The molecule has 0 aromatic carbocycles. The maximum absolute atomic E-state index is 4.01. The van der Waals surface area contributed by atoms with E-state index in [2.05, 4.69) is 20.2 Å². The first-order valence-electron chi connectivity index (χ1n) is 2.66. The fourth-order valence-corrected chi connectivity index (χ4v) is 0.465. The highest BCUT2D eigenvalue weighted by molar-refractivity contribution is 5.80. The molecule has 0 aliphatic heterocycles. The van der Waals surface area contributed by atoms with Crippen LogP contribution in [0.2, 0.25) is 0 Å². The quantitative estimate of drug-likeness (QED) is 0.566. The van der Waals surface area contributed by atoms with Crippen LogP contribution >= 0.6 is 0 Å². The van der Waals surface area contributed by atoms with Crippen LogP contribution in [0.3, 0.4) is 0 Å². The summed E-state index contributed by atoms with van der Waals surface area (Å²) in [5, 5.41) is 6.25. The SMILES string of the molecule is CC(C)=Nc1ncn[nH]1. The molecule has 0 amide bonds. The topological polar surface area (TPSA) is 53.9 Å². The molecule has 1 heterocycles. The summed E-state index contributed by atoms with van der Waals surface area (Å²) in [5.41, 5.74) is 0.965. The highest BCUT2D eigenvalue weighted by atomic mass is 15.2. The van der Waals surface area contributed by atoms with Gasteiger partial charge < -0.3 is 0 Å². The molecule has 0 saturated heterocycles. The molecule has 0 spiro atoms. The molecule has 1 aromatic rings. The van der Waals surface area contributed by atoms with Gasteiger partial charge in [-0.05, 0) is 13.8 Å². The second-order valence-electron chi connectivity index (χ2n) is 1.87. The van der Waals surface area contributed by atoms with Crippen molar-refractivity contribution in [2.45, 2.75) is 13.8 Å². The summed E-state index contributed by atoms with van der Waals surface area (Å²) in [7, 11) is 0. The van der Waals surface area contributed by atoms with Crippen molar-refractivity contribution in [3.8, 4) is 0 Å². The summed E-state index contributed by atoms with van der Waals surface area (Å²) in [6, 6.07) is 0. The number of nitrogens with one attached hydrogen (secondary N) is 1. The fourth-order valence-electron chi connectivity index (χ4n) is 0.465. The molecule has 0 aliphatic carbocycles. The Morgan fingerprint density at radius 3 is 2.89 bits per heavy atom. The van der Waals surface area contributed by atoms with E-state index in [0.29, 0.717) is 5.95 Å². The monoisotopic (exact) mass is 124 g/mol. The molecule has 0 saturated carbocycles. The Balaban J connectivity index is 2.80. The van der Waals surface area contributed by atoms with Gasteiger partial charge in [-0.3, -0.25) is 0 Å². The first-order chi connectivity index (χ1) is 4.29. The first kappa shape index (κ1) is 5.94. The summed E-state index contributed by atoms with van der Waals surface area (Å²) < 4.78 is 0. The van der Waals surface area contributed by atoms with Gasteiger partial charge in [-0.15, -0.1) is 0 Å². The Labute approximate surface area is 53.0 Å². The zero-order valence-electron chi connectivity index (χ0n) is 5.42. The Bertz CT molecular complexity index is 195. The Hall–Kier alpha value is -1.19. The average Bonchev–Trinajstić information content (AvgIpc) is 2.15. The van der Waals surface area contributed by atoms with Crippen molar-refractivity contribution in [2.75, 3.05) is 0 Å². The van der Waals surface area contributed by atoms with Gasteiger partial charge in [0.05, 0.1) is 0 Å². The lowest BCUT2D eigenvalue weighted by Crippen LogP contribution is -1.78. The van der Waals surface area contributed by atoms with Crippen LogP contribution in [0.5, 0.6) is 0 Å². The van der Waals surface area contributed by atoms with E-state index in [0.717, 1.165) is 5.71 Å². The molecule has 1 aromatic heterocycles. The summed E-state index contributed by atoms with van der Waals surface area (Å²) in [6.45, 7) is 3.81. The largest absolute Gasteiger partial charge is 0.244 e. The Kier molecular flexibility index (Phi) is 1.58. The minimum Gasteiger partial charge on any atom is -0.244 e. The lowest BCUT2D eigenvalue weighted by molar-refractivity contribution is 1.08. The van der Waals surface area contributed by atoms with Crippen molar-refractivity contribution in [3.05, 3.63) is 6.33 Å². The van der Waals surface area contributed by atoms with E-state index in [1.807, 2.05) is 13.8 Å². The van der Waals surface area contributed by atoms with Crippen LogP contribution in [0, 0.1) is 0 Å². The number of H-pyrrole nitrogens is 1. The van der Waals surface area contributed by atoms with E-state index in [9.17, 15) is 0 Å². The van der Waals surface area contributed by atoms with Crippen LogP contribution in [-0.4, -0.2) is 20.9 Å². The molecule has 9 heavy (non-hydrogen) atoms. The highest BCUT2D eigenvalue weighted by Gasteiger charge is 1.87. The number of rotatable bonds is 1. The van der Waals surface area contributed by atoms with Crippen LogP contribution in [0.4, 0.5) is 5.95 Å². The van der Waals surface area contributed by atoms with E-state index in [4.69, 9.17) is 0 Å². The molecule has 1 rings (SSSR count). The van der Waals surface area contributed by atoms with Gasteiger partial charge in [0.15, 0.2) is 0 Å². The van der Waals surface area contributed by atoms with Gasteiger partial charge in [-0.1, -0.05) is 0 Å². The second-order valence-corrected chi connectivity index (χ2v) is 1.87. The standard InChI is InChI=1S/C5H8N4/c1-4(2)8-5-6-3-7-9-5/h3H,1-2H3,(H,6,7,9). The maximum Gasteiger partial charge on any atom is 0.244 e. The number of hydrogen-bond acceptors (Lipinski definition) is 3. The molecule has 4 nitrogen and oxygen atoms in total. The number of aromatic amines is 1. The summed E-state index contributed by atoms with van der Waals surface area (Å²) in [5.74, 6) is 0.565. The van der Waals surface area contributed by atoms with E-state index >= 15 is 0 Å².